The number of nitrogens with zero attached hydrogens (tertiary/aromatic N) is 4. The van der Waals surface area contributed by atoms with Crippen molar-refractivity contribution in [3.8, 4) is 11.4 Å². The summed E-state index contributed by atoms with van der Waals surface area (Å²) < 4.78 is 39.0. The Labute approximate surface area is 121 Å². The second kappa shape index (κ2) is 4.92. The Morgan fingerprint density at radius 1 is 1.10 bits per heavy atom. The van der Waals surface area contributed by atoms with Crippen molar-refractivity contribution in [3.63, 3.8) is 0 Å². The SMILES string of the molecule is FC(F)(F)c1cccnc1-c1ccc2c(Cl)cnnc2n1. The maximum atomic E-state index is 13.0. The van der Waals surface area contributed by atoms with Crippen molar-refractivity contribution in [1.29, 1.82) is 0 Å². The van der Waals surface area contributed by atoms with Crippen molar-refractivity contribution in [2.75, 3.05) is 0 Å². The average Bonchev–Trinajstić information content (AvgIpc) is 2.46. The molecular weight excluding hydrogens is 305 g/mol. The van der Waals surface area contributed by atoms with Gasteiger partial charge in [-0.3, -0.25) is 4.98 Å². The third-order valence-electron chi connectivity index (χ3n) is 2.81. The first-order chi connectivity index (χ1) is 9.97. The van der Waals surface area contributed by atoms with E-state index < -0.39 is 11.7 Å². The zero-order chi connectivity index (χ0) is 15.0. The van der Waals surface area contributed by atoms with Crippen LogP contribution in [-0.2, 0) is 6.18 Å². The van der Waals surface area contributed by atoms with Crippen LogP contribution in [0.2, 0.25) is 5.02 Å². The molecule has 3 aromatic rings. The number of halogens is 4. The monoisotopic (exact) mass is 310 g/mol. The number of fused-ring (bicyclic) bond motifs is 1. The molecule has 0 N–H and O–H groups in total. The molecule has 0 amide bonds. The van der Waals surface area contributed by atoms with Gasteiger partial charge in [0.2, 0.25) is 0 Å². The third kappa shape index (κ3) is 2.52. The molecule has 4 nitrogen and oxygen atoms in total. The molecule has 8 heteroatoms. The van der Waals surface area contributed by atoms with Crippen LogP contribution in [-0.4, -0.2) is 20.2 Å². The molecule has 0 spiro atoms. The Morgan fingerprint density at radius 2 is 1.90 bits per heavy atom. The zero-order valence-electron chi connectivity index (χ0n) is 10.3. The maximum Gasteiger partial charge on any atom is 0.418 e. The van der Waals surface area contributed by atoms with Gasteiger partial charge in [-0.15, -0.1) is 5.10 Å². The van der Waals surface area contributed by atoms with Gasteiger partial charge in [-0.2, -0.15) is 18.3 Å². The van der Waals surface area contributed by atoms with Crippen LogP contribution in [0.3, 0.4) is 0 Å². The molecule has 0 aliphatic rings. The molecule has 0 radical (unpaired) electrons. The molecule has 3 rings (SSSR count). The van der Waals surface area contributed by atoms with Gasteiger partial charge < -0.3 is 0 Å². The molecule has 106 valence electrons. The van der Waals surface area contributed by atoms with Gasteiger partial charge in [-0.25, -0.2) is 4.98 Å². The van der Waals surface area contributed by atoms with E-state index in [1.807, 2.05) is 0 Å². The lowest BCUT2D eigenvalue weighted by atomic mass is 10.1. The molecule has 0 fully saturated rings. The molecule has 0 bridgehead atoms. The molecule has 0 unspecified atom stereocenters. The lowest BCUT2D eigenvalue weighted by molar-refractivity contribution is -0.137. The van der Waals surface area contributed by atoms with Gasteiger partial charge >= 0.3 is 6.18 Å². The summed E-state index contributed by atoms with van der Waals surface area (Å²) >= 11 is 5.92. The van der Waals surface area contributed by atoms with Gasteiger partial charge in [0.25, 0.3) is 0 Å². The summed E-state index contributed by atoms with van der Waals surface area (Å²) in [6, 6.07) is 5.15. The van der Waals surface area contributed by atoms with E-state index in [1.54, 1.807) is 6.07 Å². The molecule has 0 aromatic carbocycles. The second-order valence-corrected chi connectivity index (χ2v) is 4.56. The predicted molar refractivity (Wildman–Crippen MR) is 70.6 cm³/mol. The quantitative estimate of drug-likeness (QED) is 0.686. The highest BCUT2D eigenvalue weighted by molar-refractivity contribution is 6.34. The van der Waals surface area contributed by atoms with Crippen molar-refractivity contribution in [2.24, 2.45) is 0 Å². The summed E-state index contributed by atoms with van der Waals surface area (Å²) in [7, 11) is 0. The van der Waals surface area contributed by atoms with E-state index in [2.05, 4.69) is 20.2 Å². The number of hydrogen-bond donors (Lipinski definition) is 0. The number of aromatic nitrogens is 4. The Hall–Kier alpha value is -2.28. The zero-order valence-corrected chi connectivity index (χ0v) is 11.0. The molecule has 0 aliphatic carbocycles. The van der Waals surface area contributed by atoms with Gasteiger partial charge in [0, 0.05) is 11.6 Å². The minimum atomic E-state index is -4.51. The van der Waals surface area contributed by atoms with Crippen molar-refractivity contribution in [2.45, 2.75) is 6.18 Å². The Bertz CT molecular complexity index is 820. The lowest BCUT2D eigenvalue weighted by Gasteiger charge is -2.11. The van der Waals surface area contributed by atoms with Crippen LogP contribution in [0, 0.1) is 0 Å². The van der Waals surface area contributed by atoms with Crippen molar-refractivity contribution in [1.82, 2.24) is 20.2 Å². The number of pyridine rings is 2. The first-order valence-electron chi connectivity index (χ1n) is 5.77. The fraction of sp³-hybridized carbons (Fsp3) is 0.0769. The topological polar surface area (TPSA) is 51.6 Å². The molecule has 3 heterocycles. The minimum Gasteiger partial charge on any atom is -0.254 e. The van der Waals surface area contributed by atoms with E-state index in [-0.39, 0.29) is 17.0 Å². The first-order valence-corrected chi connectivity index (χ1v) is 6.15. The number of hydrogen-bond acceptors (Lipinski definition) is 4. The average molecular weight is 311 g/mol. The Morgan fingerprint density at radius 3 is 2.67 bits per heavy atom. The summed E-state index contributed by atoms with van der Waals surface area (Å²) in [5.74, 6) is 0. The molecule has 0 saturated heterocycles. The van der Waals surface area contributed by atoms with Crippen LogP contribution >= 0.6 is 11.6 Å². The molecule has 3 aromatic heterocycles. The highest BCUT2D eigenvalue weighted by Gasteiger charge is 2.34. The standard InChI is InChI=1S/C13H6ClF3N4/c14-9-6-19-21-12-7(9)3-4-10(20-12)11-8(13(15,16)17)2-1-5-18-11/h1-6H. The van der Waals surface area contributed by atoms with Gasteiger partial charge in [0.1, 0.15) is 5.69 Å². The summed E-state index contributed by atoms with van der Waals surface area (Å²) in [5.41, 5.74) is -0.883. The van der Waals surface area contributed by atoms with E-state index in [0.29, 0.717) is 10.4 Å². The first kappa shape index (κ1) is 13.7. The van der Waals surface area contributed by atoms with Crippen LogP contribution in [0.4, 0.5) is 13.2 Å². The largest absolute Gasteiger partial charge is 0.418 e. The molecule has 0 atom stereocenters. The van der Waals surface area contributed by atoms with E-state index in [9.17, 15) is 13.2 Å². The fourth-order valence-electron chi connectivity index (χ4n) is 1.88. The van der Waals surface area contributed by atoms with Crippen molar-refractivity contribution in [3.05, 3.63) is 47.2 Å². The van der Waals surface area contributed by atoms with Gasteiger partial charge in [-0.1, -0.05) is 11.6 Å². The Balaban J connectivity index is 2.22. The predicted octanol–water partition coefficient (Wildman–Crippen LogP) is 3.76. The maximum absolute atomic E-state index is 13.0. The van der Waals surface area contributed by atoms with Gasteiger partial charge in [0.15, 0.2) is 5.65 Å². The summed E-state index contributed by atoms with van der Waals surface area (Å²) in [6.45, 7) is 0. The van der Waals surface area contributed by atoms with Crippen LogP contribution in [0.5, 0.6) is 0 Å². The van der Waals surface area contributed by atoms with Crippen LogP contribution in [0.1, 0.15) is 5.56 Å². The highest BCUT2D eigenvalue weighted by Crippen LogP contribution is 2.35. The van der Waals surface area contributed by atoms with Crippen molar-refractivity contribution >= 4 is 22.6 Å². The third-order valence-corrected chi connectivity index (χ3v) is 3.11. The normalized spacial score (nSPS) is 11.8. The van der Waals surface area contributed by atoms with Crippen molar-refractivity contribution < 1.29 is 13.2 Å². The summed E-state index contributed by atoms with van der Waals surface area (Å²) in [4.78, 5) is 7.84. The van der Waals surface area contributed by atoms with E-state index in [1.165, 1.54) is 24.5 Å². The molecule has 0 aliphatic heterocycles. The number of rotatable bonds is 1. The number of alkyl halides is 3. The van der Waals surface area contributed by atoms with E-state index >= 15 is 0 Å². The fourth-order valence-corrected chi connectivity index (χ4v) is 2.08. The van der Waals surface area contributed by atoms with Crippen LogP contribution < -0.4 is 0 Å². The van der Waals surface area contributed by atoms with Gasteiger partial charge in [0.05, 0.1) is 22.5 Å². The Kier molecular flexibility index (Phi) is 3.21. The van der Waals surface area contributed by atoms with Gasteiger partial charge in [-0.05, 0) is 24.3 Å². The lowest BCUT2D eigenvalue weighted by Crippen LogP contribution is -2.08. The summed E-state index contributed by atoms with van der Waals surface area (Å²) in [5, 5.41) is 8.24. The van der Waals surface area contributed by atoms with E-state index in [0.717, 1.165) is 6.07 Å². The second-order valence-electron chi connectivity index (χ2n) is 4.16. The molecule has 0 saturated carbocycles. The highest BCUT2D eigenvalue weighted by atomic mass is 35.5. The molecular formula is C13H6ClF3N4. The summed E-state index contributed by atoms with van der Waals surface area (Å²) in [6.07, 6.45) is -1.90. The molecule has 21 heavy (non-hydrogen) atoms. The van der Waals surface area contributed by atoms with Crippen LogP contribution in [0.25, 0.3) is 22.4 Å². The minimum absolute atomic E-state index is 0.0620. The van der Waals surface area contributed by atoms with Crippen LogP contribution in [0.15, 0.2) is 36.7 Å². The van der Waals surface area contributed by atoms with E-state index in [4.69, 9.17) is 11.6 Å². The smallest absolute Gasteiger partial charge is 0.254 e.